The summed E-state index contributed by atoms with van der Waals surface area (Å²) in [5, 5.41) is 2.01. The predicted octanol–water partition coefficient (Wildman–Crippen LogP) is 3.60. The Morgan fingerprint density at radius 1 is 0.852 bits per heavy atom. The van der Waals surface area contributed by atoms with Gasteiger partial charge in [0.25, 0.3) is 0 Å². The molecule has 142 valence electrons. The fourth-order valence-corrected chi connectivity index (χ4v) is 2.89. The van der Waals surface area contributed by atoms with E-state index in [9.17, 15) is 0 Å². The molecule has 0 saturated heterocycles. The zero-order chi connectivity index (χ0) is 19.2. The van der Waals surface area contributed by atoms with Crippen molar-refractivity contribution < 1.29 is 18.9 Å². The summed E-state index contributed by atoms with van der Waals surface area (Å²) in [5.41, 5.74) is 6.45. The molecule has 6 nitrogen and oxygen atoms in total. The first-order valence-corrected chi connectivity index (χ1v) is 8.53. The summed E-state index contributed by atoms with van der Waals surface area (Å²) >= 11 is 0. The lowest BCUT2D eigenvalue weighted by atomic mass is 10.1. The van der Waals surface area contributed by atoms with Crippen molar-refractivity contribution in [3.8, 4) is 23.0 Å². The number of hydrogen-bond donors (Lipinski definition) is 1. The second-order valence-corrected chi connectivity index (χ2v) is 5.92. The Bertz CT molecular complexity index is 819. The van der Waals surface area contributed by atoms with E-state index in [-0.39, 0.29) is 0 Å². The number of rotatable bonds is 7. The number of ether oxygens (including phenoxy) is 4. The van der Waals surface area contributed by atoms with E-state index in [1.165, 1.54) is 5.56 Å². The second kappa shape index (κ2) is 8.40. The van der Waals surface area contributed by atoms with E-state index in [4.69, 9.17) is 18.9 Å². The third-order valence-corrected chi connectivity index (χ3v) is 4.28. The molecule has 1 N–H and O–H groups in total. The van der Waals surface area contributed by atoms with Gasteiger partial charge in [-0.25, -0.2) is 0 Å². The minimum Gasteiger partial charge on any atom is -0.497 e. The summed E-state index contributed by atoms with van der Waals surface area (Å²) in [6, 6.07) is 11.9. The highest BCUT2D eigenvalue weighted by Crippen LogP contribution is 2.39. The lowest BCUT2D eigenvalue weighted by molar-refractivity contribution is 0.311. The molecule has 27 heavy (non-hydrogen) atoms. The number of hydrazine groups is 1. The summed E-state index contributed by atoms with van der Waals surface area (Å²) in [6.07, 6.45) is 6.00. The van der Waals surface area contributed by atoms with E-state index in [0.717, 1.165) is 17.0 Å². The van der Waals surface area contributed by atoms with E-state index in [0.29, 0.717) is 23.8 Å². The number of allylic oxidation sites excluding steroid dienone is 2. The maximum atomic E-state index is 5.45. The van der Waals surface area contributed by atoms with Gasteiger partial charge < -0.3 is 18.9 Å². The maximum Gasteiger partial charge on any atom is 0.203 e. The van der Waals surface area contributed by atoms with E-state index >= 15 is 0 Å². The minimum absolute atomic E-state index is 0.575. The van der Waals surface area contributed by atoms with Crippen molar-refractivity contribution in [2.75, 3.05) is 28.4 Å². The molecule has 2 aromatic rings. The zero-order valence-electron chi connectivity index (χ0n) is 16.0. The summed E-state index contributed by atoms with van der Waals surface area (Å²) in [6.45, 7) is 0.711. The standard InChI is InChI=1S/C21H24N2O4/c1-24-17-9-7-15(8-10-17)14-23-11-5-6-18(22-23)16-12-19(25-2)21(27-4)20(13-16)26-3/h5-13,22H,14H2,1-4H3. The first-order valence-electron chi connectivity index (χ1n) is 8.53. The van der Waals surface area contributed by atoms with Crippen LogP contribution < -0.4 is 24.4 Å². The molecule has 1 heterocycles. The number of nitrogens with one attached hydrogen (secondary N) is 1. The van der Waals surface area contributed by atoms with Crippen molar-refractivity contribution in [2.45, 2.75) is 6.54 Å². The Morgan fingerprint density at radius 2 is 1.52 bits per heavy atom. The van der Waals surface area contributed by atoms with Crippen molar-refractivity contribution in [1.82, 2.24) is 10.4 Å². The molecule has 0 atom stereocenters. The molecule has 1 aliphatic heterocycles. The van der Waals surface area contributed by atoms with Crippen molar-refractivity contribution in [3.05, 3.63) is 65.9 Å². The van der Waals surface area contributed by atoms with Crippen LogP contribution in [-0.2, 0) is 6.54 Å². The average molecular weight is 368 g/mol. The number of hydrogen-bond acceptors (Lipinski definition) is 6. The van der Waals surface area contributed by atoms with Crippen molar-refractivity contribution >= 4 is 5.70 Å². The zero-order valence-corrected chi connectivity index (χ0v) is 16.0. The van der Waals surface area contributed by atoms with Gasteiger partial charge in [-0.2, -0.15) is 0 Å². The van der Waals surface area contributed by atoms with Crippen molar-refractivity contribution in [2.24, 2.45) is 0 Å². The van der Waals surface area contributed by atoms with Crippen LogP contribution in [-0.4, -0.2) is 33.4 Å². The molecular weight excluding hydrogens is 344 g/mol. The van der Waals surface area contributed by atoms with Gasteiger partial charge in [-0.15, -0.1) is 0 Å². The van der Waals surface area contributed by atoms with Gasteiger partial charge in [-0.3, -0.25) is 10.4 Å². The first kappa shape index (κ1) is 18.5. The third-order valence-electron chi connectivity index (χ3n) is 4.28. The van der Waals surface area contributed by atoms with Gasteiger partial charge in [-0.05, 0) is 42.0 Å². The van der Waals surface area contributed by atoms with Gasteiger partial charge in [0, 0.05) is 11.8 Å². The number of benzene rings is 2. The van der Waals surface area contributed by atoms with Gasteiger partial charge in [0.2, 0.25) is 5.75 Å². The molecule has 0 saturated carbocycles. The SMILES string of the molecule is COc1ccc(CN2C=CC=C(c3cc(OC)c(OC)c(OC)c3)N2)cc1. The minimum atomic E-state index is 0.575. The fourth-order valence-electron chi connectivity index (χ4n) is 2.89. The Kier molecular flexibility index (Phi) is 5.76. The highest BCUT2D eigenvalue weighted by atomic mass is 16.5. The molecule has 0 aliphatic carbocycles. The molecule has 1 aliphatic rings. The molecule has 0 spiro atoms. The lowest BCUT2D eigenvalue weighted by Crippen LogP contribution is -2.33. The van der Waals surface area contributed by atoms with E-state index < -0.39 is 0 Å². The van der Waals surface area contributed by atoms with Gasteiger partial charge in [0.15, 0.2) is 11.5 Å². The molecule has 0 unspecified atom stereocenters. The van der Waals surface area contributed by atoms with Crippen LogP contribution in [0.5, 0.6) is 23.0 Å². The molecule has 0 aromatic heterocycles. The Hall–Kier alpha value is -3.28. The molecule has 6 heteroatoms. The van der Waals surface area contributed by atoms with Gasteiger partial charge in [0.05, 0.1) is 40.7 Å². The van der Waals surface area contributed by atoms with Crippen LogP contribution in [0.3, 0.4) is 0 Å². The van der Waals surface area contributed by atoms with Crippen molar-refractivity contribution in [1.29, 1.82) is 0 Å². The van der Waals surface area contributed by atoms with E-state index in [1.54, 1.807) is 28.4 Å². The molecule has 0 bridgehead atoms. The van der Waals surface area contributed by atoms with Gasteiger partial charge in [-0.1, -0.05) is 12.1 Å². The maximum absolute atomic E-state index is 5.45. The van der Waals surface area contributed by atoms with Crippen molar-refractivity contribution in [3.63, 3.8) is 0 Å². The van der Waals surface area contributed by atoms with Gasteiger partial charge >= 0.3 is 0 Å². The smallest absolute Gasteiger partial charge is 0.203 e. The van der Waals surface area contributed by atoms with E-state index in [2.05, 4.69) is 5.43 Å². The monoisotopic (exact) mass is 368 g/mol. The quantitative estimate of drug-likeness (QED) is 0.806. The molecule has 0 radical (unpaired) electrons. The van der Waals surface area contributed by atoms with Crippen LogP contribution >= 0.6 is 0 Å². The summed E-state index contributed by atoms with van der Waals surface area (Å²) in [7, 11) is 6.48. The molecule has 3 rings (SSSR count). The fraction of sp³-hybridized carbons (Fsp3) is 0.238. The number of nitrogens with zero attached hydrogens (tertiary/aromatic N) is 1. The average Bonchev–Trinajstić information content (AvgIpc) is 2.73. The van der Waals surface area contributed by atoms with Crippen LogP contribution in [0.4, 0.5) is 0 Å². The van der Waals surface area contributed by atoms with E-state index in [1.807, 2.05) is 59.8 Å². The normalized spacial score (nSPS) is 12.9. The third kappa shape index (κ3) is 4.11. The molecule has 0 fully saturated rings. The van der Waals surface area contributed by atoms with Crippen LogP contribution in [0.25, 0.3) is 5.70 Å². The highest BCUT2D eigenvalue weighted by Gasteiger charge is 2.17. The highest BCUT2D eigenvalue weighted by molar-refractivity contribution is 5.71. The van der Waals surface area contributed by atoms with Crippen LogP contribution in [0, 0.1) is 0 Å². The van der Waals surface area contributed by atoms with Crippen LogP contribution in [0.1, 0.15) is 11.1 Å². The summed E-state index contributed by atoms with van der Waals surface area (Å²) in [5.74, 6) is 2.65. The Balaban J connectivity index is 1.79. The first-order chi connectivity index (χ1) is 13.2. The molecule has 0 amide bonds. The summed E-state index contributed by atoms with van der Waals surface area (Å²) in [4.78, 5) is 0. The topological polar surface area (TPSA) is 52.2 Å². The largest absolute Gasteiger partial charge is 0.497 e. The van der Waals surface area contributed by atoms with Crippen LogP contribution in [0.2, 0.25) is 0 Å². The lowest BCUT2D eigenvalue weighted by Gasteiger charge is -2.27. The molecule has 2 aromatic carbocycles. The van der Waals surface area contributed by atoms with Crippen LogP contribution in [0.15, 0.2) is 54.8 Å². The van der Waals surface area contributed by atoms with Gasteiger partial charge in [0.1, 0.15) is 5.75 Å². The summed E-state index contributed by atoms with van der Waals surface area (Å²) < 4.78 is 21.5. The number of methoxy groups -OCH3 is 4. The second-order valence-electron chi connectivity index (χ2n) is 5.92. The molecular formula is C21H24N2O4. The Morgan fingerprint density at radius 3 is 2.07 bits per heavy atom. The predicted molar refractivity (Wildman–Crippen MR) is 105 cm³/mol. The Labute approximate surface area is 159 Å².